The molecule has 2 N–H and O–H groups in total. The molecule has 0 unspecified atom stereocenters. The highest BCUT2D eigenvalue weighted by Crippen LogP contribution is 2.44. The number of fused-ring (bicyclic) bond motifs is 3. The van der Waals surface area contributed by atoms with Crippen LogP contribution in [0.1, 0.15) is 16.7 Å². The Labute approximate surface area is 165 Å². The Morgan fingerprint density at radius 3 is 2.33 bits per heavy atom. The number of hydrogen-bond acceptors (Lipinski definition) is 5. The molecule has 160 valence electrons. The van der Waals surface area contributed by atoms with E-state index in [9.17, 15) is 36.6 Å². The second-order valence-electron chi connectivity index (χ2n) is 6.35. The molecule has 0 amide bonds. The molecule has 0 spiro atoms. The van der Waals surface area contributed by atoms with Gasteiger partial charge in [-0.3, -0.25) is 9.97 Å². The van der Waals surface area contributed by atoms with E-state index in [1.165, 1.54) is 18.2 Å². The minimum Gasteiger partial charge on any atom is -0.373 e. The van der Waals surface area contributed by atoms with Gasteiger partial charge in [0.15, 0.2) is 0 Å². The fourth-order valence-corrected chi connectivity index (χ4v) is 3.06. The molecule has 11 heteroatoms. The van der Waals surface area contributed by atoms with Crippen molar-refractivity contribution in [1.82, 2.24) is 9.97 Å². The molecule has 0 fully saturated rings. The van der Waals surface area contributed by atoms with Gasteiger partial charge in [-0.25, -0.2) is 0 Å². The molecule has 3 aromatic rings. The van der Waals surface area contributed by atoms with Gasteiger partial charge in [-0.05, 0) is 18.2 Å². The molecule has 30 heavy (non-hydrogen) atoms. The van der Waals surface area contributed by atoms with E-state index in [0.29, 0.717) is 6.07 Å². The summed E-state index contributed by atoms with van der Waals surface area (Å²) in [5, 5.41) is 18.6. The maximum Gasteiger partial charge on any atom is 0.447 e. The quantitative estimate of drug-likeness (QED) is 0.208. The zero-order valence-corrected chi connectivity index (χ0v) is 15.1. The smallest absolute Gasteiger partial charge is 0.373 e. The van der Waals surface area contributed by atoms with Crippen molar-refractivity contribution in [2.24, 2.45) is 0 Å². The first-order valence-corrected chi connectivity index (χ1v) is 8.36. The molecule has 0 aliphatic rings. The summed E-state index contributed by atoms with van der Waals surface area (Å²) in [5.74, 6) is -4.44. The van der Waals surface area contributed by atoms with Crippen molar-refractivity contribution < 1.29 is 41.3 Å². The molecular weight excluding hydrogens is 418 g/mol. The van der Waals surface area contributed by atoms with Crippen molar-refractivity contribution in [1.29, 1.82) is 0 Å². The van der Waals surface area contributed by atoms with Crippen LogP contribution in [0.15, 0.2) is 43.2 Å². The third-order valence-corrected chi connectivity index (χ3v) is 4.35. The number of halogens is 6. The number of rotatable bonds is 5. The highest BCUT2D eigenvalue weighted by atomic mass is 19.4. The summed E-state index contributed by atoms with van der Waals surface area (Å²) in [6.45, 7) is 2.78. The average Bonchev–Trinajstić information content (AvgIpc) is 2.65. The van der Waals surface area contributed by atoms with E-state index in [1.807, 2.05) is 0 Å². The fraction of sp³-hybridized carbons (Fsp3) is 0.263. The summed E-state index contributed by atoms with van der Waals surface area (Å²) in [7, 11) is 0. The normalized spacial score (nSPS) is 13.2. The average molecular weight is 432 g/mol. The lowest BCUT2D eigenvalue weighted by Crippen LogP contribution is -2.42. The van der Waals surface area contributed by atoms with Crippen LogP contribution < -0.4 is 0 Å². The van der Waals surface area contributed by atoms with Crippen LogP contribution in [-0.2, 0) is 23.3 Å². The highest BCUT2D eigenvalue weighted by Gasteiger charge is 2.55. The SMILES string of the molecule is C=CCOCc1cnc2c(cc(C(O)(O)C(F)(F)F)c3ncccc32)c1C(F)(F)F. The van der Waals surface area contributed by atoms with Gasteiger partial charge in [0.2, 0.25) is 0 Å². The predicted octanol–water partition coefficient (Wildman–Crippen LogP) is 4.20. The van der Waals surface area contributed by atoms with Gasteiger partial charge < -0.3 is 14.9 Å². The number of aliphatic hydroxyl groups is 2. The molecule has 0 saturated carbocycles. The highest BCUT2D eigenvalue weighted by molar-refractivity contribution is 6.07. The third kappa shape index (κ3) is 3.71. The van der Waals surface area contributed by atoms with Crippen molar-refractivity contribution in [3.8, 4) is 0 Å². The Bertz CT molecular complexity index is 1110. The first-order valence-electron chi connectivity index (χ1n) is 8.36. The summed E-state index contributed by atoms with van der Waals surface area (Å²) in [4.78, 5) is 7.67. The van der Waals surface area contributed by atoms with Gasteiger partial charge in [-0.2, -0.15) is 26.3 Å². The van der Waals surface area contributed by atoms with Crippen molar-refractivity contribution in [2.75, 3.05) is 6.61 Å². The molecule has 3 rings (SSSR count). The largest absolute Gasteiger partial charge is 0.447 e. The number of ether oxygens (including phenoxy) is 1. The maximum atomic E-state index is 13.9. The summed E-state index contributed by atoms with van der Waals surface area (Å²) >= 11 is 0. The van der Waals surface area contributed by atoms with Crippen LogP contribution in [0.4, 0.5) is 26.3 Å². The zero-order valence-electron chi connectivity index (χ0n) is 15.1. The first kappa shape index (κ1) is 21.9. The number of benzene rings is 1. The van der Waals surface area contributed by atoms with Crippen molar-refractivity contribution >= 4 is 21.8 Å². The van der Waals surface area contributed by atoms with E-state index in [-0.39, 0.29) is 17.5 Å². The molecule has 1 aromatic carbocycles. The Balaban J connectivity index is 2.45. The van der Waals surface area contributed by atoms with E-state index in [2.05, 4.69) is 16.5 Å². The Hall–Kier alpha value is -2.76. The minimum absolute atomic E-state index is 0.0628. The molecule has 2 aromatic heterocycles. The number of hydrogen-bond donors (Lipinski definition) is 2. The molecule has 0 aliphatic heterocycles. The molecule has 0 aliphatic carbocycles. The van der Waals surface area contributed by atoms with E-state index in [1.54, 1.807) is 0 Å². The molecule has 5 nitrogen and oxygen atoms in total. The number of alkyl halides is 6. The standard InChI is InChI=1S/C19H14F6N2O3/c1-2-6-30-9-10-8-27-15-11-4-3-5-26-16(11)13(17(28,29)19(23,24)25)7-12(15)14(10)18(20,21)22/h2-5,7-8,28-29H,1,6,9H2. The van der Waals surface area contributed by atoms with Crippen LogP contribution in [0.25, 0.3) is 21.8 Å². The van der Waals surface area contributed by atoms with E-state index in [4.69, 9.17) is 4.74 Å². The lowest BCUT2D eigenvalue weighted by atomic mass is 9.94. The van der Waals surface area contributed by atoms with Gasteiger partial charge in [0, 0.05) is 34.3 Å². The van der Waals surface area contributed by atoms with Crippen LogP contribution in [0.3, 0.4) is 0 Å². The molecule has 0 bridgehead atoms. The fourth-order valence-electron chi connectivity index (χ4n) is 3.06. The summed E-state index contributed by atoms with van der Waals surface area (Å²) < 4.78 is 86.5. The minimum atomic E-state index is -5.60. The molecule has 2 heterocycles. The third-order valence-electron chi connectivity index (χ3n) is 4.35. The van der Waals surface area contributed by atoms with Gasteiger partial charge in [0.1, 0.15) is 0 Å². The van der Waals surface area contributed by atoms with Crippen LogP contribution in [-0.4, -0.2) is 33.0 Å². The molecular formula is C19H14F6N2O3. The van der Waals surface area contributed by atoms with Gasteiger partial charge in [-0.1, -0.05) is 6.08 Å². The maximum absolute atomic E-state index is 13.9. The first-order chi connectivity index (χ1) is 13.9. The summed E-state index contributed by atoms with van der Waals surface area (Å²) in [6, 6.07) is 2.89. The topological polar surface area (TPSA) is 75.5 Å². The summed E-state index contributed by atoms with van der Waals surface area (Å²) in [6.07, 6.45) is -7.29. The number of aromatic nitrogens is 2. The van der Waals surface area contributed by atoms with Gasteiger partial charge in [0.05, 0.1) is 29.8 Å². The van der Waals surface area contributed by atoms with Crippen molar-refractivity contribution in [3.05, 3.63) is 59.9 Å². The van der Waals surface area contributed by atoms with Crippen LogP contribution in [0.5, 0.6) is 0 Å². The lowest BCUT2D eigenvalue weighted by Gasteiger charge is -2.26. The predicted molar refractivity (Wildman–Crippen MR) is 94.1 cm³/mol. The van der Waals surface area contributed by atoms with Gasteiger partial charge in [-0.15, -0.1) is 6.58 Å². The Morgan fingerprint density at radius 1 is 1.03 bits per heavy atom. The Morgan fingerprint density at radius 2 is 1.73 bits per heavy atom. The number of nitrogens with zero attached hydrogens (tertiary/aromatic N) is 2. The van der Waals surface area contributed by atoms with Gasteiger partial charge in [0.25, 0.3) is 5.79 Å². The van der Waals surface area contributed by atoms with Crippen molar-refractivity contribution in [3.63, 3.8) is 0 Å². The van der Waals surface area contributed by atoms with Crippen LogP contribution in [0, 0.1) is 0 Å². The van der Waals surface area contributed by atoms with E-state index >= 15 is 0 Å². The molecule has 0 radical (unpaired) electrons. The van der Waals surface area contributed by atoms with Crippen molar-refractivity contribution in [2.45, 2.75) is 24.7 Å². The van der Waals surface area contributed by atoms with E-state index < -0.39 is 52.3 Å². The second-order valence-corrected chi connectivity index (χ2v) is 6.35. The summed E-state index contributed by atoms with van der Waals surface area (Å²) in [5.41, 5.74) is -3.79. The van der Waals surface area contributed by atoms with E-state index in [0.717, 1.165) is 12.4 Å². The Kier molecular flexibility index (Phi) is 5.48. The van der Waals surface area contributed by atoms with Gasteiger partial charge >= 0.3 is 12.4 Å². The number of pyridine rings is 2. The lowest BCUT2D eigenvalue weighted by molar-refractivity contribution is -0.357. The van der Waals surface area contributed by atoms with Crippen LogP contribution >= 0.6 is 0 Å². The second kappa shape index (κ2) is 7.49. The zero-order chi connectivity index (χ0) is 22.3. The molecule has 0 saturated heterocycles. The van der Waals surface area contributed by atoms with Crippen LogP contribution in [0.2, 0.25) is 0 Å². The monoisotopic (exact) mass is 432 g/mol. The molecule has 0 atom stereocenters.